The summed E-state index contributed by atoms with van der Waals surface area (Å²) >= 11 is 5.93. The van der Waals surface area contributed by atoms with Crippen molar-refractivity contribution in [2.45, 2.75) is 6.10 Å². The number of carbonyl (C=O) groups is 2. The van der Waals surface area contributed by atoms with Gasteiger partial charge in [0.05, 0.1) is 29.8 Å². The van der Waals surface area contributed by atoms with Gasteiger partial charge >= 0.3 is 5.97 Å². The molecule has 1 atom stereocenters. The predicted octanol–water partition coefficient (Wildman–Crippen LogP) is 1.34. The van der Waals surface area contributed by atoms with Crippen LogP contribution in [0, 0.1) is 5.82 Å². The molecule has 1 saturated heterocycles. The molecule has 1 aromatic carbocycles. The van der Waals surface area contributed by atoms with E-state index in [-0.39, 0.29) is 29.8 Å². The monoisotopic (exact) mass is 344 g/mol. The first kappa shape index (κ1) is 17.7. The first-order chi connectivity index (χ1) is 10.9. The zero-order valence-electron chi connectivity index (χ0n) is 12.7. The van der Waals surface area contributed by atoms with Gasteiger partial charge in [0.25, 0.3) is 5.91 Å². The molecule has 1 aliphatic heterocycles. The smallest absolute Gasteiger partial charge is 0.317 e. The van der Waals surface area contributed by atoms with Crippen LogP contribution in [-0.2, 0) is 9.53 Å². The highest BCUT2D eigenvalue weighted by molar-refractivity contribution is 6.33. The summed E-state index contributed by atoms with van der Waals surface area (Å²) in [4.78, 5) is 26.2. The van der Waals surface area contributed by atoms with Crippen molar-refractivity contribution in [2.75, 3.05) is 39.8 Å². The van der Waals surface area contributed by atoms with E-state index < -0.39 is 17.7 Å². The number of benzene rings is 1. The van der Waals surface area contributed by atoms with E-state index in [9.17, 15) is 14.0 Å². The maximum atomic E-state index is 13.9. The molecule has 1 unspecified atom stereocenters. The Morgan fingerprint density at radius 3 is 2.91 bits per heavy atom. The highest BCUT2D eigenvalue weighted by Crippen LogP contribution is 2.22. The molecule has 6 nitrogen and oxygen atoms in total. The molecule has 0 spiro atoms. The molecule has 1 N–H and O–H groups in total. The lowest BCUT2D eigenvalue weighted by Crippen LogP contribution is -2.49. The fraction of sp³-hybridized carbons (Fsp3) is 0.467. The summed E-state index contributed by atoms with van der Waals surface area (Å²) in [6.45, 7) is 1.15. The van der Waals surface area contributed by atoms with Crippen molar-refractivity contribution in [1.29, 1.82) is 0 Å². The summed E-state index contributed by atoms with van der Waals surface area (Å²) in [5.41, 5.74) is -0.145. The molecule has 2 rings (SSSR count). The second-order valence-corrected chi connectivity index (χ2v) is 5.84. The molecular weight excluding hydrogens is 327 g/mol. The van der Waals surface area contributed by atoms with Crippen LogP contribution in [0.5, 0.6) is 0 Å². The van der Waals surface area contributed by atoms with Crippen LogP contribution < -0.4 is 0 Å². The number of halogens is 2. The van der Waals surface area contributed by atoms with Gasteiger partial charge in [0, 0.05) is 19.6 Å². The van der Waals surface area contributed by atoms with Crippen LogP contribution >= 0.6 is 11.6 Å². The van der Waals surface area contributed by atoms with E-state index in [1.54, 1.807) is 11.9 Å². The average molecular weight is 345 g/mol. The molecule has 0 aromatic heterocycles. The minimum Gasteiger partial charge on any atom is -0.480 e. The Hall–Kier alpha value is -1.70. The second kappa shape index (κ2) is 7.72. The van der Waals surface area contributed by atoms with Gasteiger partial charge in [-0.05, 0) is 19.2 Å². The first-order valence-electron chi connectivity index (χ1n) is 7.13. The van der Waals surface area contributed by atoms with Crippen LogP contribution in [-0.4, -0.2) is 72.7 Å². The number of carbonyl (C=O) groups excluding carboxylic acids is 1. The molecule has 0 radical (unpaired) electrons. The quantitative estimate of drug-likeness (QED) is 0.872. The van der Waals surface area contributed by atoms with Crippen molar-refractivity contribution < 1.29 is 23.8 Å². The number of rotatable bonds is 5. The third-order valence-corrected chi connectivity index (χ3v) is 3.84. The van der Waals surface area contributed by atoms with Crippen LogP contribution in [0.2, 0.25) is 5.02 Å². The number of hydrogen-bond donors (Lipinski definition) is 1. The zero-order valence-corrected chi connectivity index (χ0v) is 13.4. The van der Waals surface area contributed by atoms with Gasteiger partial charge in [-0.15, -0.1) is 0 Å². The number of carboxylic acid groups (broad SMARTS) is 1. The van der Waals surface area contributed by atoms with Crippen LogP contribution in [0.4, 0.5) is 4.39 Å². The van der Waals surface area contributed by atoms with Crippen LogP contribution in [0.15, 0.2) is 18.2 Å². The van der Waals surface area contributed by atoms with Gasteiger partial charge < -0.3 is 14.7 Å². The lowest BCUT2D eigenvalue weighted by molar-refractivity contribution is -0.138. The third-order valence-electron chi connectivity index (χ3n) is 3.52. The second-order valence-electron chi connectivity index (χ2n) is 5.43. The summed E-state index contributed by atoms with van der Waals surface area (Å²) in [7, 11) is 1.66. The third kappa shape index (κ3) is 4.63. The van der Waals surface area contributed by atoms with Gasteiger partial charge in [-0.2, -0.15) is 0 Å². The molecule has 8 heteroatoms. The van der Waals surface area contributed by atoms with Crippen LogP contribution in [0.3, 0.4) is 0 Å². The number of amides is 1. The topological polar surface area (TPSA) is 70.1 Å². The average Bonchev–Trinajstić information content (AvgIpc) is 2.46. The Kier molecular flexibility index (Phi) is 5.92. The summed E-state index contributed by atoms with van der Waals surface area (Å²) in [6, 6.07) is 4.10. The highest BCUT2D eigenvalue weighted by Gasteiger charge is 2.28. The van der Waals surface area contributed by atoms with Crippen LogP contribution in [0.25, 0.3) is 0 Å². The fourth-order valence-corrected chi connectivity index (χ4v) is 2.76. The number of morpholine rings is 1. The molecule has 0 bridgehead atoms. The van der Waals surface area contributed by atoms with E-state index in [4.69, 9.17) is 21.4 Å². The number of hydrogen-bond acceptors (Lipinski definition) is 4. The van der Waals surface area contributed by atoms with Gasteiger partial charge in [-0.25, -0.2) is 4.39 Å². The number of aliphatic carboxylic acids is 1. The van der Waals surface area contributed by atoms with Gasteiger partial charge in [-0.3, -0.25) is 14.5 Å². The number of likely N-dealkylation sites (N-methyl/N-ethyl adjacent to an activating group) is 1. The van der Waals surface area contributed by atoms with Crippen molar-refractivity contribution in [2.24, 2.45) is 0 Å². The Balaban J connectivity index is 2.03. The number of carboxylic acids is 1. The number of nitrogens with zero attached hydrogens (tertiary/aromatic N) is 2. The Morgan fingerprint density at radius 2 is 2.26 bits per heavy atom. The standard InChI is InChI=1S/C15H18ClFN2O4/c1-18(9-13(20)21)7-10-8-19(5-6-23-10)15(22)14-11(16)3-2-4-12(14)17/h2-4,10H,5-9H2,1H3,(H,20,21). The largest absolute Gasteiger partial charge is 0.480 e. The summed E-state index contributed by atoms with van der Waals surface area (Å²) in [6.07, 6.45) is -0.331. The Bertz CT molecular complexity index is 579. The van der Waals surface area contributed by atoms with E-state index in [1.165, 1.54) is 23.1 Å². The molecular formula is C15H18ClFN2O4. The predicted molar refractivity (Wildman–Crippen MR) is 82.2 cm³/mol. The van der Waals surface area contributed by atoms with Gasteiger partial charge in [-0.1, -0.05) is 17.7 Å². The highest BCUT2D eigenvalue weighted by atomic mass is 35.5. The number of ether oxygens (including phenoxy) is 1. The van der Waals surface area contributed by atoms with E-state index in [0.717, 1.165) is 0 Å². The van der Waals surface area contributed by atoms with Crippen molar-refractivity contribution in [3.05, 3.63) is 34.6 Å². The summed E-state index contributed by atoms with van der Waals surface area (Å²) in [5, 5.41) is 8.83. The first-order valence-corrected chi connectivity index (χ1v) is 7.51. The maximum Gasteiger partial charge on any atom is 0.317 e. The van der Waals surface area contributed by atoms with Crippen molar-refractivity contribution in [1.82, 2.24) is 9.80 Å². The van der Waals surface area contributed by atoms with Gasteiger partial charge in [0.15, 0.2) is 0 Å². The summed E-state index contributed by atoms with van der Waals surface area (Å²) < 4.78 is 19.4. The van der Waals surface area contributed by atoms with Crippen molar-refractivity contribution in [3.8, 4) is 0 Å². The van der Waals surface area contributed by atoms with Crippen molar-refractivity contribution >= 4 is 23.5 Å². The van der Waals surface area contributed by atoms with Gasteiger partial charge in [0.1, 0.15) is 5.82 Å². The lowest BCUT2D eigenvalue weighted by atomic mass is 10.1. The molecule has 0 saturated carbocycles. The fourth-order valence-electron chi connectivity index (χ4n) is 2.52. The molecule has 0 aliphatic carbocycles. The van der Waals surface area contributed by atoms with E-state index in [1.807, 2.05) is 0 Å². The van der Waals surface area contributed by atoms with E-state index in [0.29, 0.717) is 19.7 Å². The lowest BCUT2D eigenvalue weighted by Gasteiger charge is -2.34. The van der Waals surface area contributed by atoms with Crippen LogP contribution in [0.1, 0.15) is 10.4 Å². The molecule has 1 aliphatic rings. The molecule has 1 heterocycles. The molecule has 1 aromatic rings. The molecule has 126 valence electrons. The molecule has 23 heavy (non-hydrogen) atoms. The minimum absolute atomic E-state index is 0.0704. The maximum absolute atomic E-state index is 13.9. The minimum atomic E-state index is -0.936. The molecule has 1 fully saturated rings. The Labute approximate surface area is 138 Å². The van der Waals surface area contributed by atoms with E-state index >= 15 is 0 Å². The van der Waals surface area contributed by atoms with Gasteiger partial charge in [0.2, 0.25) is 0 Å². The molecule has 1 amide bonds. The van der Waals surface area contributed by atoms with Crippen molar-refractivity contribution in [3.63, 3.8) is 0 Å². The Morgan fingerprint density at radius 1 is 1.52 bits per heavy atom. The summed E-state index contributed by atoms with van der Waals surface area (Å²) in [5.74, 6) is -2.08. The van der Waals surface area contributed by atoms with E-state index in [2.05, 4.69) is 0 Å². The SMILES string of the molecule is CN(CC(=O)O)CC1CN(C(=O)c2c(F)cccc2Cl)CCO1. The zero-order chi connectivity index (χ0) is 17.0. The normalized spacial score (nSPS) is 18.3.